The first-order valence-corrected chi connectivity index (χ1v) is 7.02. The minimum Gasteiger partial charge on any atom is -0.287 e. The van der Waals surface area contributed by atoms with Gasteiger partial charge in [-0.3, -0.25) is 9.48 Å². The fourth-order valence-electron chi connectivity index (χ4n) is 1.63. The minimum absolute atomic E-state index is 0.0122. The number of halogens is 1. The predicted molar refractivity (Wildman–Crippen MR) is 72.6 cm³/mol. The van der Waals surface area contributed by atoms with Gasteiger partial charge in [-0.1, -0.05) is 12.1 Å². The van der Waals surface area contributed by atoms with Crippen molar-refractivity contribution in [2.75, 3.05) is 6.26 Å². The van der Waals surface area contributed by atoms with Crippen molar-refractivity contribution in [3.8, 4) is 0 Å². The van der Waals surface area contributed by atoms with Crippen LogP contribution in [-0.4, -0.2) is 21.8 Å². The monoisotopic (exact) mass is 310 g/mol. The van der Waals surface area contributed by atoms with Crippen LogP contribution in [0.15, 0.2) is 39.8 Å². The van der Waals surface area contributed by atoms with Gasteiger partial charge in [0.1, 0.15) is 5.69 Å². The molecule has 0 radical (unpaired) electrons. The van der Waals surface area contributed by atoms with Crippen LogP contribution in [0.5, 0.6) is 0 Å². The average molecular weight is 311 g/mol. The van der Waals surface area contributed by atoms with Gasteiger partial charge >= 0.3 is 0 Å². The molecule has 0 N–H and O–H groups in total. The lowest BCUT2D eigenvalue weighted by Gasteiger charge is -2.06. The predicted octanol–water partition coefficient (Wildman–Crippen LogP) is 3.14. The Hall–Kier alpha value is -1.07. The van der Waals surface area contributed by atoms with Crippen molar-refractivity contribution in [1.29, 1.82) is 0 Å². The van der Waals surface area contributed by atoms with Crippen molar-refractivity contribution in [1.82, 2.24) is 9.78 Å². The number of nitrogens with zero attached hydrogens (tertiary/aromatic N) is 2. The summed E-state index contributed by atoms with van der Waals surface area (Å²) in [5.74, 6) is -0.0122. The second-order valence-electron chi connectivity index (χ2n) is 3.49. The van der Waals surface area contributed by atoms with Crippen LogP contribution in [0.3, 0.4) is 0 Å². The maximum Gasteiger partial charge on any atom is 0.213 e. The molecule has 0 saturated heterocycles. The van der Waals surface area contributed by atoms with Crippen LogP contribution in [0.4, 0.5) is 0 Å². The number of rotatable bonds is 3. The third kappa shape index (κ3) is 2.30. The van der Waals surface area contributed by atoms with Crippen molar-refractivity contribution in [3.63, 3.8) is 0 Å². The summed E-state index contributed by atoms with van der Waals surface area (Å²) in [6.07, 6.45) is 3.60. The van der Waals surface area contributed by atoms with Gasteiger partial charge in [0.25, 0.3) is 0 Å². The zero-order valence-corrected chi connectivity index (χ0v) is 11.9. The molecular weight excluding hydrogens is 300 g/mol. The third-order valence-electron chi connectivity index (χ3n) is 2.46. The second kappa shape index (κ2) is 5.06. The summed E-state index contributed by atoms with van der Waals surface area (Å²) in [5, 5.41) is 4.06. The summed E-state index contributed by atoms with van der Waals surface area (Å²) >= 11 is 4.92. The van der Waals surface area contributed by atoms with Gasteiger partial charge in [-0.15, -0.1) is 11.8 Å². The van der Waals surface area contributed by atoms with Crippen LogP contribution in [-0.2, 0) is 7.05 Å². The van der Waals surface area contributed by atoms with Crippen molar-refractivity contribution < 1.29 is 4.79 Å². The number of hydrogen-bond donors (Lipinski definition) is 0. The zero-order valence-electron chi connectivity index (χ0n) is 9.48. The summed E-state index contributed by atoms with van der Waals surface area (Å²) in [6, 6.07) is 7.59. The molecule has 1 heterocycles. The SMILES string of the molecule is CSc1ccccc1C(=O)c1c(Br)cnn1C. The Bertz CT molecular complexity index is 546. The van der Waals surface area contributed by atoms with Crippen molar-refractivity contribution in [2.45, 2.75) is 4.90 Å². The molecule has 0 unspecified atom stereocenters. The third-order valence-corrected chi connectivity index (χ3v) is 3.84. The van der Waals surface area contributed by atoms with Gasteiger partial charge < -0.3 is 0 Å². The van der Waals surface area contributed by atoms with E-state index >= 15 is 0 Å². The van der Waals surface area contributed by atoms with Gasteiger partial charge in [0, 0.05) is 17.5 Å². The minimum atomic E-state index is -0.0122. The van der Waals surface area contributed by atoms with E-state index < -0.39 is 0 Å². The fourth-order valence-corrected chi connectivity index (χ4v) is 2.75. The molecule has 0 saturated carbocycles. The Morgan fingerprint density at radius 2 is 2.12 bits per heavy atom. The lowest BCUT2D eigenvalue weighted by Crippen LogP contribution is -2.09. The average Bonchev–Trinajstić information content (AvgIpc) is 2.68. The lowest BCUT2D eigenvalue weighted by atomic mass is 10.1. The lowest BCUT2D eigenvalue weighted by molar-refractivity contribution is 0.102. The Morgan fingerprint density at radius 3 is 2.71 bits per heavy atom. The smallest absolute Gasteiger partial charge is 0.213 e. The number of ketones is 1. The largest absolute Gasteiger partial charge is 0.287 e. The van der Waals surface area contributed by atoms with Gasteiger partial charge in [0.2, 0.25) is 5.78 Å². The molecule has 0 spiro atoms. The van der Waals surface area contributed by atoms with E-state index in [1.54, 1.807) is 29.7 Å². The van der Waals surface area contributed by atoms with Crippen molar-refractivity contribution >= 4 is 33.5 Å². The number of carbonyl (C=O) groups excluding carboxylic acids is 1. The Morgan fingerprint density at radius 1 is 1.41 bits per heavy atom. The standard InChI is InChI=1S/C12H11BrN2OS/c1-15-11(9(13)7-14-15)12(16)8-5-3-4-6-10(8)17-2/h3-7H,1-2H3. The molecule has 0 amide bonds. The van der Waals surface area contributed by atoms with Crippen molar-refractivity contribution in [2.24, 2.45) is 7.05 Å². The highest BCUT2D eigenvalue weighted by molar-refractivity contribution is 9.10. The summed E-state index contributed by atoms with van der Waals surface area (Å²) < 4.78 is 2.31. The summed E-state index contributed by atoms with van der Waals surface area (Å²) in [4.78, 5) is 13.4. The Labute approximate surface area is 112 Å². The highest BCUT2D eigenvalue weighted by Gasteiger charge is 2.19. The molecule has 17 heavy (non-hydrogen) atoms. The van der Waals surface area contributed by atoms with Crippen molar-refractivity contribution in [3.05, 3.63) is 46.2 Å². The van der Waals surface area contributed by atoms with E-state index in [1.807, 2.05) is 30.5 Å². The topological polar surface area (TPSA) is 34.9 Å². The molecule has 0 aliphatic carbocycles. The first-order valence-electron chi connectivity index (χ1n) is 5.00. The van der Waals surface area contributed by atoms with Gasteiger partial charge in [-0.05, 0) is 34.3 Å². The highest BCUT2D eigenvalue weighted by atomic mass is 79.9. The van der Waals surface area contributed by atoms with Gasteiger partial charge in [-0.2, -0.15) is 5.10 Å². The first kappa shape index (κ1) is 12.4. The Kier molecular flexibility index (Phi) is 3.69. The summed E-state index contributed by atoms with van der Waals surface area (Å²) in [7, 11) is 1.76. The number of carbonyl (C=O) groups is 1. The molecule has 0 aliphatic rings. The van der Waals surface area contributed by atoms with Crippen LogP contribution in [0, 0.1) is 0 Å². The van der Waals surface area contributed by atoms with E-state index in [4.69, 9.17) is 0 Å². The van der Waals surface area contributed by atoms with E-state index in [0.29, 0.717) is 11.3 Å². The fraction of sp³-hybridized carbons (Fsp3) is 0.167. The van der Waals surface area contributed by atoms with Crippen LogP contribution in [0.1, 0.15) is 16.1 Å². The molecular formula is C12H11BrN2OS. The van der Waals surface area contributed by atoms with Gasteiger partial charge in [0.15, 0.2) is 0 Å². The molecule has 0 bridgehead atoms. The summed E-state index contributed by atoms with van der Waals surface area (Å²) in [5.41, 5.74) is 1.29. The molecule has 2 rings (SSSR count). The van der Waals surface area contributed by atoms with E-state index in [2.05, 4.69) is 21.0 Å². The number of hydrogen-bond acceptors (Lipinski definition) is 3. The summed E-state index contributed by atoms with van der Waals surface area (Å²) in [6.45, 7) is 0. The van der Waals surface area contributed by atoms with Gasteiger partial charge in [-0.25, -0.2) is 0 Å². The molecule has 3 nitrogen and oxygen atoms in total. The highest BCUT2D eigenvalue weighted by Crippen LogP contribution is 2.25. The van der Waals surface area contributed by atoms with E-state index in [0.717, 1.165) is 9.37 Å². The van der Waals surface area contributed by atoms with Crippen LogP contribution >= 0.6 is 27.7 Å². The molecule has 88 valence electrons. The van der Waals surface area contributed by atoms with Crippen LogP contribution in [0.25, 0.3) is 0 Å². The first-order chi connectivity index (χ1) is 8.15. The second-order valence-corrected chi connectivity index (χ2v) is 5.20. The quantitative estimate of drug-likeness (QED) is 0.645. The molecule has 2 aromatic rings. The van der Waals surface area contributed by atoms with E-state index in [-0.39, 0.29) is 5.78 Å². The number of benzene rings is 1. The normalized spacial score (nSPS) is 10.5. The molecule has 1 aromatic carbocycles. The Balaban J connectivity index is 2.51. The maximum absolute atomic E-state index is 12.4. The number of aryl methyl sites for hydroxylation is 1. The van der Waals surface area contributed by atoms with E-state index in [9.17, 15) is 4.79 Å². The van der Waals surface area contributed by atoms with Crippen LogP contribution < -0.4 is 0 Å². The molecule has 5 heteroatoms. The number of aromatic nitrogens is 2. The maximum atomic E-state index is 12.4. The van der Waals surface area contributed by atoms with Gasteiger partial charge in [0.05, 0.1) is 10.7 Å². The van der Waals surface area contributed by atoms with E-state index in [1.165, 1.54) is 0 Å². The zero-order chi connectivity index (χ0) is 12.4. The molecule has 1 aromatic heterocycles. The molecule has 0 aliphatic heterocycles. The molecule has 0 atom stereocenters. The molecule has 0 fully saturated rings. The van der Waals surface area contributed by atoms with Crippen LogP contribution in [0.2, 0.25) is 0 Å². The number of thioether (sulfide) groups is 1.